The second-order valence-corrected chi connectivity index (χ2v) is 12.5. The summed E-state index contributed by atoms with van der Waals surface area (Å²) >= 11 is 0. The van der Waals surface area contributed by atoms with Crippen molar-refractivity contribution < 1.29 is 35.2 Å². The lowest BCUT2D eigenvalue weighted by Crippen LogP contribution is -2.34. The maximum atomic E-state index is 14.1. The third kappa shape index (κ3) is 6.93. The smallest absolute Gasteiger partial charge is 0.346 e. The normalized spacial score (nSPS) is 14.3. The van der Waals surface area contributed by atoms with Gasteiger partial charge in [0.25, 0.3) is 0 Å². The Morgan fingerprint density at radius 1 is 1.02 bits per heavy atom. The molecule has 0 spiro atoms. The Hall–Kier alpha value is -4.13. The monoisotopic (exact) mass is 618 g/mol. The van der Waals surface area contributed by atoms with Crippen molar-refractivity contribution >= 4 is 15.7 Å². The molecule has 1 unspecified atom stereocenters. The molecule has 0 saturated heterocycles. The van der Waals surface area contributed by atoms with Crippen LogP contribution in [0.25, 0.3) is 11.1 Å². The van der Waals surface area contributed by atoms with E-state index in [0.717, 1.165) is 23.1 Å². The molecule has 43 heavy (non-hydrogen) atoms. The lowest BCUT2D eigenvalue weighted by atomic mass is 9.95. The Balaban J connectivity index is 1.53. The molecule has 2 heterocycles. The molecule has 0 aliphatic heterocycles. The van der Waals surface area contributed by atoms with Crippen molar-refractivity contribution in [1.29, 1.82) is 0 Å². The van der Waals surface area contributed by atoms with Crippen molar-refractivity contribution in [1.82, 2.24) is 20.1 Å². The highest BCUT2D eigenvalue weighted by Crippen LogP contribution is 2.36. The van der Waals surface area contributed by atoms with Crippen LogP contribution in [-0.4, -0.2) is 35.3 Å². The summed E-state index contributed by atoms with van der Waals surface area (Å²) in [5.74, 6) is -2.34. The largest absolute Gasteiger partial charge is 0.435 e. The Labute approximate surface area is 244 Å². The Morgan fingerprint density at radius 2 is 1.74 bits per heavy atom. The van der Waals surface area contributed by atoms with Gasteiger partial charge in [-0.2, -0.15) is 18.3 Å². The highest BCUT2D eigenvalue weighted by atomic mass is 32.2. The zero-order valence-electron chi connectivity index (χ0n) is 23.0. The predicted molar refractivity (Wildman–Crippen MR) is 148 cm³/mol. The van der Waals surface area contributed by atoms with E-state index in [-0.39, 0.29) is 34.6 Å². The standard InChI is InChI=1S/C30H27F5N4O3S/c1-43(41,42)22-7-4-6-19(15-22)23-9-5-11-36-28(23)25(14-18-12-20(31)16-21(32)13-18)37-27(40)17-39-26-10-3-2-8-24(26)29(38-39)30(33,34)35/h4-7,9,11-13,15-16,25H,2-3,8,10,14,17H2,1H3,(H,37,40). The third-order valence-corrected chi connectivity index (χ3v) is 8.37. The number of carbonyl (C=O) groups is 1. The van der Waals surface area contributed by atoms with E-state index in [2.05, 4.69) is 15.4 Å². The zero-order valence-corrected chi connectivity index (χ0v) is 23.8. The molecule has 1 aliphatic carbocycles. The Kier molecular flexibility index (Phi) is 8.37. The second kappa shape index (κ2) is 11.9. The number of benzene rings is 2. The van der Waals surface area contributed by atoms with Crippen LogP contribution in [0.4, 0.5) is 22.0 Å². The molecule has 226 valence electrons. The number of rotatable bonds is 8. The van der Waals surface area contributed by atoms with E-state index in [0.29, 0.717) is 42.1 Å². The molecular formula is C30H27F5N4O3S. The van der Waals surface area contributed by atoms with Gasteiger partial charge in [-0.3, -0.25) is 14.5 Å². The van der Waals surface area contributed by atoms with Gasteiger partial charge in [-0.05, 0) is 73.6 Å². The van der Waals surface area contributed by atoms with Crippen LogP contribution in [0, 0.1) is 11.6 Å². The van der Waals surface area contributed by atoms with Crippen LogP contribution >= 0.6 is 0 Å². The summed E-state index contributed by atoms with van der Waals surface area (Å²) in [6.07, 6.45) is -0.474. The van der Waals surface area contributed by atoms with E-state index in [1.807, 2.05) is 0 Å². The first-order chi connectivity index (χ1) is 20.3. The number of amides is 1. The molecule has 1 atom stereocenters. The fourth-order valence-corrected chi connectivity index (χ4v) is 6.09. The minimum Gasteiger partial charge on any atom is -0.346 e. The van der Waals surface area contributed by atoms with Crippen molar-refractivity contribution in [3.63, 3.8) is 0 Å². The van der Waals surface area contributed by atoms with Crippen molar-refractivity contribution in [2.75, 3.05) is 6.26 Å². The van der Waals surface area contributed by atoms with E-state index in [4.69, 9.17) is 0 Å². The number of sulfone groups is 1. The number of halogens is 5. The molecule has 0 saturated carbocycles. The van der Waals surface area contributed by atoms with Crippen molar-refractivity contribution in [3.8, 4) is 11.1 Å². The van der Waals surface area contributed by atoms with E-state index in [9.17, 15) is 35.2 Å². The van der Waals surface area contributed by atoms with E-state index in [1.54, 1.807) is 24.3 Å². The number of nitrogens with one attached hydrogen (secondary N) is 1. The summed E-state index contributed by atoms with van der Waals surface area (Å²) in [4.78, 5) is 17.9. The van der Waals surface area contributed by atoms with Crippen LogP contribution < -0.4 is 5.32 Å². The molecule has 2 aromatic carbocycles. The maximum Gasteiger partial charge on any atom is 0.435 e. The molecule has 5 rings (SSSR count). The lowest BCUT2D eigenvalue weighted by molar-refractivity contribution is -0.142. The van der Waals surface area contributed by atoms with Gasteiger partial charge in [0.2, 0.25) is 5.91 Å². The molecule has 0 fully saturated rings. The minimum atomic E-state index is -4.67. The Bertz CT molecular complexity index is 1770. The van der Waals surface area contributed by atoms with Crippen molar-refractivity contribution in [3.05, 3.63) is 101 Å². The molecule has 1 aliphatic rings. The van der Waals surface area contributed by atoms with Crippen LogP contribution in [0.3, 0.4) is 0 Å². The van der Waals surface area contributed by atoms with E-state index in [1.165, 1.54) is 18.3 Å². The van der Waals surface area contributed by atoms with Gasteiger partial charge in [0.1, 0.15) is 18.2 Å². The fourth-order valence-electron chi connectivity index (χ4n) is 5.42. The van der Waals surface area contributed by atoms with Gasteiger partial charge >= 0.3 is 6.18 Å². The van der Waals surface area contributed by atoms with Gasteiger partial charge in [0, 0.05) is 35.3 Å². The number of fused-ring (bicyclic) bond motifs is 1. The number of carbonyl (C=O) groups excluding carboxylic acids is 1. The SMILES string of the molecule is CS(=O)(=O)c1cccc(-c2cccnc2C(Cc2cc(F)cc(F)c2)NC(=O)Cn2nc(C(F)(F)F)c3c2CCCC3)c1. The highest BCUT2D eigenvalue weighted by molar-refractivity contribution is 7.90. The van der Waals surface area contributed by atoms with Crippen molar-refractivity contribution in [2.24, 2.45) is 0 Å². The molecule has 1 N–H and O–H groups in total. The molecule has 0 bridgehead atoms. The first kappa shape index (κ1) is 30.3. The van der Waals surface area contributed by atoms with Gasteiger partial charge < -0.3 is 5.32 Å². The van der Waals surface area contributed by atoms with Gasteiger partial charge in [0.15, 0.2) is 15.5 Å². The van der Waals surface area contributed by atoms with Crippen LogP contribution in [-0.2, 0) is 46.6 Å². The second-order valence-electron chi connectivity index (χ2n) is 10.5. The number of hydrogen-bond acceptors (Lipinski definition) is 5. The van der Waals surface area contributed by atoms with E-state index < -0.39 is 51.8 Å². The summed E-state index contributed by atoms with van der Waals surface area (Å²) in [5.41, 5.74) is 0.826. The summed E-state index contributed by atoms with van der Waals surface area (Å²) in [7, 11) is -3.56. The number of hydrogen-bond donors (Lipinski definition) is 1. The van der Waals surface area contributed by atoms with Crippen molar-refractivity contribution in [2.45, 2.75) is 55.8 Å². The first-order valence-electron chi connectivity index (χ1n) is 13.4. The summed E-state index contributed by atoms with van der Waals surface area (Å²) in [5, 5.41) is 6.52. The average Bonchev–Trinajstić information content (AvgIpc) is 3.31. The first-order valence-corrected chi connectivity index (χ1v) is 15.3. The van der Waals surface area contributed by atoms with Crippen LogP contribution in [0.15, 0.2) is 65.7 Å². The molecule has 13 heteroatoms. The molecule has 4 aromatic rings. The minimum absolute atomic E-state index is 0.0523. The fraction of sp³-hybridized carbons (Fsp3) is 0.300. The third-order valence-electron chi connectivity index (χ3n) is 7.26. The zero-order chi connectivity index (χ0) is 30.9. The maximum absolute atomic E-state index is 14.1. The van der Waals surface area contributed by atoms with Crippen LogP contribution in [0.2, 0.25) is 0 Å². The number of alkyl halides is 3. The summed E-state index contributed by atoms with van der Waals surface area (Å²) in [6.45, 7) is -0.516. The molecule has 7 nitrogen and oxygen atoms in total. The van der Waals surface area contributed by atoms with Crippen LogP contribution in [0.1, 0.15) is 47.1 Å². The summed E-state index contributed by atoms with van der Waals surface area (Å²) < 4.78 is 94.7. The van der Waals surface area contributed by atoms with Gasteiger partial charge in [-0.15, -0.1) is 0 Å². The molecule has 2 aromatic heterocycles. The van der Waals surface area contributed by atoms with Gasteiger partial charge in [-0.25, -0.2) is 17.2 Å². The highest BCUT2D eigenvalue weighted by Gasteiger charge is 2.39. The number of nitrogens with zero attached hydrogens (tertiary/aromatic N) is 3. The van der Waals surface area contributed by atoms with Gasteiger partial charge in [-0.1, -0.05) is 18.2 Å². The Morgan fingerprint density at radius 3 is 2.44 bits per heavy atom. The van der Waals surface area contributed by atoms with E-state index >= 15 is 0 Å². The quantitative estimate of drug-likeness (QED) is 0.259. The van der Waals surface area contributed by atoms with Crippen LogP contribution in [0.5, 0.6) is 0 Å². The molecule has 0 radical (unpaired) electrons. The summed E-state index contributed by atoms with van der Waals surface area (Å²) in [6, 6.07) is 11.3. The number of aromatic nitrogens is 3. The average molecular weight is 619 g/mol. The predicted octanol–water partition coefficient (Wildman–Crippen LogP) is 5.62. The molecule has 1 amide bonds. The lowest BCUT2D eigenvalue weighted by Gasteiger charge is -2.22. The number of pyridine rings is 1. The topological polar surface area (TPSA) is 94.0 Å². The molecular weight excluding hydrogens is 591 g/mol. The van der Waals surface area contributed by atoms with Gasteiger partial charge in [0.05, 0.1) is 16.6 Å².